The fraction of sp³-hybridized carbons (Fsp3) is 0.286. The van der Waals surface area contributed by atoms with Gasteiger partial charge in [-0.1, -0.05) is 48.5 Å². The van der Waals surface area contributed by atoms with Crippen LogP contribution in [0.2, 0.25) is 0 Å². The molecule has 1 aliphatic heterocycles. The molecule has 0 amide bonds. The lowest BCUT2D eigenvalue weighted by Gasteiger charge is -2.30. The molecule has 4 aromatic rings. The lowest BCUT2D eigenvalue weighted by atomic mass is 10.00. The van der Waals surface area contributed by atoms with Gasteiger partial charge in [-0.2, -0.15) is 0 Å². The number of hydrogen-bond donors (Lipinski definition) is 1. The highest BCUT2D eigenvalue weighted by atomic mass is 16.5. The summed E-state index contributed by atoms with van der Waals surface area (Å²) in [4.78, 5) is 28.9. The fourth-order valence-electron chi connectivity index (χ4n) is 4.88. The van der Waals surface area contributed by atoms with Crippen LogP contribution in [0.4, 0.5) is 0 Å². The zero-order valence-corrected chi connectivity index (χ0v) is 19.8. The number of aliphatic hydroxyl groups excluding tert-OH is 1. The van der Waals surface area contributed by atoms with E-state index in [4.69, 9.17) is 4.74 Å². The number of rotatable bonds is 7. The number of hydrogen-bond acceptors (Lipinski definition) is 5. The van der Waals surface area contributed by atoms with Gasteiger partial charge >= 0.3 is 5.69 Å². The molecule has 1 atom stereocenters. The van der Waals surface area contributed by atoms with E-state index in [0.717, 1.165) is 25.1 Å². The zero-order valence-electron chi connectivity index (χ0n) is 19.8. The fourth-order valence-corrected chi connectivity index (χ4v) is 4.88. The highest BCUT2D eigenvalue weighted by molar-refractivity contribution is 5.77. The number of benzene rings is 3. The Hall–Kier alpha value is -3.68. The number of para-hydroxylation sites is 1. The van der Waals surface area contributed by atoms with Gasteiger partial charge in [0.2, 0.25) is 0 Å². The molecule has 1 aromatic heterocycles. The van der Waals surface area contributed by atoms with Crippen molar-refractivity contribution in [2.45, 2.75) is 32.2 Å². The molecule has 1 unspecified atom stereocenters. The lowest BCUT2D eigenvalue weighted by molar-refractivity contribution is 0.0913. The van der Waals surface area contributed by atoms with Crippen molar-refractivity contribution in [2.24, 2.45) is 0 Å². The van der Waals surface area contributed by atoms with Gasteiger partial charge in [-0.15, -0.1) is 0 Å². The van der Waals surface area contributed by atoms with E-state index in [9.17, 15) is 14.7 Å². The van der Waals surface area contributed by atoms with Gasteiger partial charge in [0.05, 0.1) is 37.2 Å². The second kappa shape index (κ2) is 9.90. The normalized spacial score (nSPS) is 14.6. The predicted molar refractivity (Wildman–Crippen MR) is 136 cm³/mol. The molecule has 35 heavy (non-hydrogen) atoms. The smallest absolute Gasteiger partial charge is 0.331 e. The summed E-state index contributed by atoms with van der Waals surface area (Å²) < 4.78 is 7.98. The number of aliphatic hydroxyl groups is 1. The van der Waals surface area contributed by atoms with Crippen molar-refractivity contribution in [3.05, 3.63) is 110 Å². The van der Waals surface area contributed by atoms with Crippen molar-refractivity contribution in [1.82, 2.24) is 14.0 Å². The Morgan fingerprint density at radius 1 is 0.886 bits per heavy atom. The molecule has 0 saturated carbocycles. The molecule has 2 heterocycles. The van der Waals surface area contributed by atoms with Crippen LogP contribution in [0.25, 0.3) is 10.9 Å². The van der Waals surface area contributed by atoms with E-state index in [2.05, 4.69) is 23.1 Å². The number of ether oxygens (including phenoxy) is 1. The molecule has 0 bridgehead atoms. The van der Waals surface area contributed by atoms with Crippen LogP contribution in [0.15, 0.2) is 82.4 Å². The molecule has 0 aliphatic carbocycles. The number of β-amino-alcohol motifs (C(OH)–C–C–N with tert-alkyl or cyclic N) is 1. The molecule has 7 nitrogen and oxygen atoms in total. The van der Waals surface area contributed by atoms with Gasteiger partial charge in [0.15, 0.2) is 0 Å². The molecule has 5 rings (SSSR count). The molecular formula is C28H29N3O4. The van der Waals surface area contributed by atoms with Gasteiger partial charge in [-0.05, 0) is 47.4 Å². The minimum absolute atomic E-state index is 0.111. The first-order valence-corrected chi connectivity index (χ1v) is 11.9. The van der Waals surface area contributed by atoms with Gasteiger partial charge in [0, 0.05) is 19.6 Å². The summed E-state index contributed by atoms with van der Waals surface area (Å²) in [5, 5.41) is 11.4. The van der Waals surface area contributed by atoms with Gasteiger partial charge in [0.1, 0.15) is 5.75 Å². The number of methoxy groups -OCH3 is 1. The van der Waals surface area contributed by atoms with E-state index in [1.165, 1.54) is 20.3 Å². The molecule has 0 spiro atoms. The van der Waals surface area contributed by atoms with Crippen molar-refractivity contribution in [3.63, 3.8) is 0 Å². The summed E-state index contributed by atoms with van der Waals surface area (Å²) in [6, 6.07) is 22.8. The molecule has 1 N–H and O–H groups in total. The summed E-state index contributed by atoms with van der Waals surface area (Å²) in [7, 11) is 1.59. The molecule has 0 saturated heterocycles. The topological polar surface area (TPSA) is 76.7 Å². The molecule has 1 aliphatic rings. The van der Waals surface area contributed by atoms with Crippen molar-refractivity contribution < 1.29 is 9.84 Å². The van der Waals surface area contributed by atoms with Crippen LogP contribution >= 0.6 is 0 Å². The molecule has 180 valence electrons. The van der Waals surface area contributed by atoms with Crippen LogP contribution < -0.4 is 16.0 Å². The van der Waals surface area contributed by atoms with Gasteiger partial charge in [-0.3, -0.25) is 18.8 Å². The van der Waals surface area contributed by atoms with Crippen LogP contribution in [-0.2, 0) is 26.1 Å². The Kier molecular flexibility index (Phi) is 6.53. The Morgan fingerprint density at radius 2 is 1.60 bits per heavy atom. The summed E-state index contributed by atoms with van der Waals surface area (Å²) in [5.41, 5.74) is 3.23. The van der Waals surface area contributed by atoms with Crippen LogP contribution in [-0.4, -0.2) is 45.4 Å². The zero-order chi connectivity index (χ0) is 24.4. The van der Waals surface area contributed by atoms with Gasteiger partial charge < -0.3 is 9.84 Å². The third kappa shape index (κ3) is 4.78. The Bertz CT molecular complexity index is 1460. The monoisotopic (exact) mass is 471 g/mol. The van der Waals surface area contributed by atoms with E-state index < -0.39 is 11.8 Å². The molecule has 7 heteroatoms. The van der Waals surface area contributed by atoms with Gasteiger partial charge in [-0.25, -0.2) is 4.79 Å². The van der Waals surface area contributed by atoms with Gasteiger partial charge in [0.25, 0.3) is 5.56 Å². The minimum atomic E-state index is -0.756. The van der Waals surface area contributed by atoms with Crippen molar-refractivity contribution in [2.75, 3.05) is 20.2 Å². The highest BCUT2D eigenvalue weighted by Gasteiger charge is 2.21. The average Bonchev–Trinajstić information content (AvgIpc) is 2.89. The first-order chi connectivity index (χ1) is 17.0. The summed E-state index contributed by atoms with van der Waals surface area (Å²) in [6.07, 6.45) is 0.187. The van der Waals surface area contributed by atoms with E-state index in [1.807, 2.05) is 18.2 Å². The van der Waals surface area contributed by atoms with Crippen molar-refractivity contribution in [3.8, 4) is 5.75 Å². The third-order valence-corrected chi connectivity index (χ3v) is 6.70. The van der Waals surface area contributed by atoms with Crippen LogP contribution in [0.3, 0.4) is 0 Å². The SMILES string of the molecule is COc1ccc(Cn2c(=O)c3ccccc3n(CC(O)CN3CCc4ccccc4C3)c2=O)cc1. The van der Waals surface area contributed by atoms with Crippen LogP contribution in [0, 0.1) is 0 Å². The Labute approximate surface area is 203 Å². The quantitative estimate of drug-likeness (QED) is 0.449. The lowest BCUT2D eigenvalue weighted by Crippen LogP contribution is -2.44. The number of fused-ring (bicyclic) bond motifs is 2. The summed E-state index contributed by atoms with van der Waals surface area (Å²) in [6.45, 7) is 2.35. The second-order valence-electron chi connectivity index (χ2n) is 9.06. The second-order valence-corrected chi connectivity index (χ2v) is 9.06. The standard InChI is InChI=1S/C28H29N3O4/c1-35-24-12-10-20(11-13-24)16-31-27(33)25-8-4-5-9-26(25)30(28(31)34)19-23(32)18-29-15-14-21-6-2-3-7-22(21)17-29/h2-13,23,32H,14-19H2,1H3. The van der Waals surface area contributed by atoms with E-state index in [1.54, 1.807) is 43.5 Å². The Balaban J connectivity index is 1.43. The Morgan fingerprint density at radius 3 is 2.37 bits per heavy atom. The molecular weight excluding hydrogens is 442 g/mol. The highest BCUT2D eigenvalue weighted by Crippen LogP contribution is 2.19. The third-order valence-electron chi connectivity index (χ3n) is 6.70. The maximum Gasteiger partial charge on any atom is 0.331 e. The molecule has 0 fully saturated rings. The maximum atomic E-state index is 13.5. The molecule has 3 aromatic carbocycles. The van der Waals surface area contributed by atoms with E-state index in [0.29, 0.717) is 23.2 Å². The van der Waals surface area contributed by atoms with E-state index in [-0.39, 0.29) is 18.6 Å². The minimum Gasteiger partial charge on any atom is -0.497 e. The summed E-state index contributed by atoms with van der Waals surface area (Å²) >= 11 is 0. The number of aromatic nitrogens is 2. The molecule has 0 radical (unpaired) electrons. The average molecular weight is 472 g/mol. The number of nitrogens with zero attached hydrogens (tertiary/aromatic N) is 3. The van der Waals surface area contributed by atoms with E-state index >= 15 is 0 Å². The first kappa shape index (κ1) is 23.1. The van der Waals surface area contributed by atoms with Crippen molar-refractivity contribution >= 4 is 10.9 Å². The van der Waals surface area contributed by atoms with Crippen LogP contribution in [0.1, 0.15) is 16.7 Å². The van der Waals surface area contributed by atoms with Crippen molar-refractivity contribution in [1.29, 1.82) is 0 Å². The first-order valence-electron chi connectivity index (χ1n) is 11.9. The summed E-state index contributed by atoms with van der Waals surface area (Å²) in [5.74, 6) is 0.709. The maximum absolute atomic E-state index is 13.5. The largest absolute Gasteiger partial charge is 0.497 e. The van der Waals surface area contributed by atoms with Crippen LogP contribution in [0.5, 0.6) is 5.75 Å². The predicted octanol–water partition coefficient (Wildman–Crippen LogP) is 2.64.